The Bertz CT molecular complexity index is 430. The van der Waals surface area contributed by atoms with Crippen molar-refractivity contribution in [3.63, 3.8) is 0 Å². The highest BCUT2D eigenvalue weighted by atomic mass is 16.6. The van der Waals surface area contributed by atoms with Crippen molar-refractivity contribution < 1.29 is 34.1 Å². The van der Waals surface area contributed by atoms with E-state index in [1.807, 2.05) is 0 Å². The molecule has 0 aliphatic heterocycles. The van der Waals surface area contributed by atoms with E-state index in [-0.39, 0.29) is 11.1 Å². The fourth-order valence-corrected chi connectivity index (χ4v) is 0.660. The molecule has 0 heterocycles. The van der Waals surface area contributed by atoms with Gasteiger partial charge in [-0.25, -0.2) is 19.2 Å². The highest BCUT2D eigenvalue weighted by molar-refractivity contribution is 6.01. The smallest absolute Gasteiger partial charge is 0.341 e. The van der Waals surface area contributed by atoms with Crippen LogP contribution in [0.3, 0.4) is 0 Å². The molecular weight excluding hydrogens is 280 g/mol. The topological polar surface area (TPSA) is 118 Å². The quantitative estimate of drug-likeness (QED) is 0.435. The summed E-state index contributed by atoms with van der Waals surface area (Å²) in [6.45, 7) is 10.4. The second-order valence-electron chi connectivity index (χ2n) is 3.60. The Morgan fingerprint density at radius 3 is 1.33 bits per heavy atom. The zero-order valence-corrected chi connectivity index (χ0v) is 11.9. The third-order valence-corrected chi connectivity index (χ3v) is 1.98. The number of carboxylic acids is 2. The number of hydrogen-bond acceptors (Lipinski definition) is 5. The van der Waals surface area contributed by atoms with E-state index in [1.54, 1.807) is 13.8 Å². The van der Waals surface area contributed by atoms with Gasteiger partial charge in [0.2, 0.25) is 0 Å². The van der Waals surface area contributed by atoms with E-state index in [4.69, 9.17) is 10.2 Å². The first-order valence-electron chi connectivity index (χ1n) is 5.91. The van der Waals surface area contributed by atoms with Crippen LogP contribution in [-0.2, 0) is 23.9 Å². The van der Waals surface area contributed by atoms with Crippen LogP contribution in [0.15, 0.2) is 36.5 Å². The van der Waals surface area contributed by atoms with Crippen molar-refractivity contribution in [1.29, 1.82) is 0 Å². The minimum Gasteiger partial charge on any atom is -0.478 e. The fraction of sp³-hybridized carbons (Fsp3) is 0.286. The number of rotatable bonds is 6. The van der Waals surface area contributed by atoms with Crippen molar-refractivity contribution in [2.75, 3.05) is 0 Å². The standard InChI is InChI=1S/C10H14O3.C4H4O4/c1-5-7(3)9(11)13-10(12)8(4)6-2;5-3(6)1-2-4(7)8/h3-6H2,1-2H3;1-2H,(H,5,6)(H,7,8)/b;2-1-. The van der Waals surface area contributed by atoms with Crippen molar-refractivity contribution >= 4 is 23.9 Å². The Morgan fingerprint density at radius 2 is 1.14 bits per heavy atom. The Balaban J connectivity index is 0. The average molecular weight is 298 g/mol. The molecule has 0 atom stereocenters. The number of carboxylic acid groups (broad SMARTS) is 2. The minimum absolute atomic E-state index is 0.289. The number of ether oxygens (including phenoxy) is 1. The third kappa shape index (κ3) is 12.1. The predicted molar refractivity (Wildman–Crippen MR) is 74.4 cm³/mol. The normalized spacial score (nSPS) is 9.24. The maximum atomic E-state index is 11.0. The van der Waals surface area contributed by atoms with E-state index in [9.17, 15) is 19.2 Å². The molecule has 21 heavy (non-hydrogen) atoms. The molecule has 7 nitrogen and oxygen atoms in total. The van der Waals surface area contributed by atoms with Gasteiger partial charge in [-0.05, 0) is 12.8 Å². The monoisotopic (exact) mass is 298 g/mol. The van der Waals surface area contributed by atoms with Crippen LogP contribution in [-0.4, -0.2) is 34.1 Å². The number of esters is 2. The maximum absolute atomic E-state index is 11.0. The van der Waals surface area contributed by atoms with E-state index in [0.29, 0.717) is 25.0 Å². The van der Waals surface area contributed by atoms with Crippen molar-refractivity contribution in [3.05, 3.63) is 36.5 Å². The lowest BCUT2D eigenvalue weighted by molar-refractivity contribution is -0.154. The average Bonchev–Trinajstić information content (AvgIpc) is 2.43. The van der Waals surface area contributed by atoms with Crippen LogP contribution in [0.1, 0.15) is 26.7 Å². The summed E-state index contributed by atoms with van der Waals surface area (Å²) in [6.07, 6.45) is 2.07. The first kappa shape index (κ1) is 20.6. The molecule has 0 fully saturated rings. The van der Waals surface area contributed by atoms with Crippen LogP contribution < -0.4 is 0 Å². The first-order chi connectivity index (χ1) is 9.65. The van der Waals surface area contributed by atoms with Crippen LogP contribution in [0.4, 0.5) is 0 Å². The molecule has 0 saturated carbocycles. The number of aliphatic carboxylic acids is 2. The molecule has 116 valence electrons. The molecule has 0 amide bonds. The molecule has 0 saturated heterocycles. The Morgan fingerprint density at radius 1 is 0.857 bits per heavy atom. The van der Waals surface area contributed by atoms with Gasteiger partial charge in [0.05, 0.1) is 0 Å². The molecule has 0 aliphatic carbocycles. The lowest BCUT2D eigenvalue weighted by Crippen LogP contribution is -2.14. The Labute approximate surface area is 122 Å². The summed E-state index contributed by atoms with van der Waals surface area (Å²) in [6, 6.07) is 0. The van der Waals surface area contributed by atoms with Gasteiger partial charge in [-0.2, -0.15) is 0 Å². The zero-order chi connectivity index (χ0) is 17.0. The molecule has 0 unspecified atom stereocenters. The van der Waals surface area contributed by atoms with Crippen LogP contribution in [0, 0.1) is 0 Å². The predicted octanol–water partition coefficient (Wildman–Crippen LogP) is 1.70. The number of hydrogen-bond donors (Lipinski definition) is 2. The van der Waals surface area contributed by atoms with Crippen molar-refractivity contribution in [2.45, 2.75) is 26.7 Å². The van der Waals surface area contributed by atoms with Crippen LogP contribution >= 0.6 is 0 Å². The molecule has 0 aliphatic rings. The van der Waals surface area contributed by atoms with E-state index in [2.05, 4.69) is 17.9 Å². The number of carbonyl (C=O) groups is 4. The summed E-state index contributed by atoms with van der Waals surface area (Å²) < 4.78 is 4.48. The number of carbonyl (C=O) groups excluding carboxylic acids is 2. The second kappa shape index (κ2) is 11.2. The zero-order valence-electron chi connectivity index (χ0n) is 11.9. The lowest BCUT2D eigenvalue weighted by atomic mass is 10.2. The molecule has 0 rings (SSSR count). The van der Waals surface area contributed by atoms with Crippen molar-refractivity contribution in [3.8, 4) is 0 Å². The molecule has 0 bridgehead atoms. The second-order valence-corrected chi connectivity index (χ2v) is 3.60. The Kier molecular flexibility index (Phi) is 10.9. The summed E-state index contributed by atoms with van der Waals surface area (Å²) in [5.41, 5.74) is 0.578. The molecule has 0 radical (unpaired) electrons. The summed E-state index contributed by atoms with van der Waals surface area (Å²) in [4.78, 5) is 41.1. The molecule has 2 N–H and O–H groups in total. The SMILES string of the molecule is C=C(CC)C(=O)OC(=O)C(=C)CC.O=C(O)/C=C\C(=O)O. The van der Waals surface area contributed by atoms with Crippen molar-refractivity contribution in [2.24, 2.45) is 0 Å². The van der Waals surface area contributed by atoms with Gasteiger partial charge in [0, 0.05) is 23.3 Å². The highest BCUT2D eigenvalue weighted by Gasteiger charge is 2.13. The van der Waals surface area contributed by atoms with Gasteiger partial charge in [-0.3, -0.25) is 0 Å². The van der Waals surface area contributed by atoms with Gasteiger partial charge in [-0.15, -0.1) is 0 Å². The van der Waals surface area contributed by atoms with E-state index in [1.165, 1.54) is 0 Å². The fourth-order valence-electron chi connectivity index (χ4n) is 0.660. The maximum Gasteiger partial charge on any atom is 0.341 e. The molecular formula is C14H18O7. The van der Waals surface area contributed by atoms with E-state index in [0.717, 1.165) is 0 Å². The summed E-state index contributed by atoms with van der Waals surface area (Å²) in [7, 11) is 0. The molecule has 7 heteroatoms. The minimum atomic E-state index is -1.26. The lowest BCUT2D eigenvalue weighted by Gasteiger charge is -2.03. The largest absolute Gasteiger partial charge is 0.478 e. The van der Waals surface area contributed by atoms with Crippen molar-refractivity contribution in [1.82, 2.24) is 0 Å². The summed E-state index contributed by atoms with van der Waals surface area (Å²) in [5.74, 6) is -3.84. The van der Waals surface area contributed by atoms with Crippen LogP contribution in [0.5, 0.6) is 0 Å². The van der Waals surface area contributed by atoms with Gasteiger partial charge in [-0.1, -0.05) is 27.0 Å². The van der Waals surface area contributed by atoms with E-state index < -0.39 is 23.9 Å². The third-order valence-electron chi connectivity index (χ3n) is 1.98. The first-order valence-corrected chi connectivity index (χ1v) is 5.91. The summed E-state index contributed by atoms with van der Waals surface area (Å²) in [5, 5.41) is 15.6. The van der Waals surface area contributed by atoms with Gasteiger partial charge in [0.1, 0.15) is 0 Å². The van der Waals surface area contributed by atoms with Crippen LogP contribution in [0.25, 0.3) is 0 Å². The molecule has 0 aromatic carbocycles. The summed E-state index contributed by atoms with van der Waals surface area (Å²) >= 11 is 0. The molecule has 0 aromatic heterocycles. The Hall–Kier alpha value is -2.70. The van der Waals surface area contributed by atoms with E-state index >= 15 is 0 Å². The van der Waals surface area contributed by atoms with Gasteiger partial charge in [0.25, 0.3) is 0 Å². The molecule has 0 spiro atoms. The van der Waals surface area contributed by atoms with Gasteiger partial charge in [0.15, 0.2) is 0 Å². The van der Waals surface area contributed by atoms with Crippen LogP contribution in [0.2, 0.25) is 0 Å². The molecule has 0 aromatic rings. The van der Waals surface area contributed by atoms with Gasteiger partial charge < -0.3 is 14.9 Å². The van der Waals surface area contributed by atoms with Gasteiger partial charge >= 0.3 is 23.9 Å². The highest BCUT2D eigenvalue weighted by Crippen LogP contribution is 2.04.